The lowest BCUT2D eigenvalue weighted by atomic mass is 9.70. The van der Waals surface area contributed by atoms with Crippen LogP contribution in [0.3, 0.4) is 0 Å². The minimum absolute atomic E-state index is 0. The van der Waals surface area contributed by atoms with Gasteiger partial charge in [-0.3, -0.25) is 4.79 Å². The fourth-order valence-electron chi connectivity index (χ4n) is 5.64. The number of carbonyl (C=O) groups excluding carboxylic acids is 1. The number of pyridine rings is 1. The van der Waals surface area contributed by atoms with Gasteiger partial charge in [-0.05, 0) is 67.4 Å². The first-order valence-corrected chi connectivity index (χ1v) is 11.1. The Bertz CT molecular complexity index is 731. The van der Waals surface area contributed by atoms with Crippen molar-refractivity contribution in [2.45, 2.75) is 71.8 Å². The zero-order valence-electron chi connectivity index (χ0n) is 18.1. The van der Waals surface area contributed by atoms with E-state index in [1.165, 1.54) is 36.8 Å². The number of morpholine rings is 1. The molecule has 1 saturated heterocycles. The number of carbonyl (C=O) groups is 1. The summed E-state index contributed by atoms with van der Waals surface area (Å²) in [7, 11) is 0. The average Bonchev–Trinajstić information content (AvgIpc) is 2.67. The van der Waals surface area contributed by atoms with Gasteiger partial charge in [-0.2, -0.15) is 0 Å². The quantitative estimate of drug-likeness (QED) is 0.781. The molecule has 5 nitrogen and oxygen atoms in total. The highest BCUT2D eigenvalue weighted by Crippen LogP contribution is 2.40. The van der Waals surface area contributed by atoms with Crippen molar-refractivity contribution in [1.29, 1.82) is 0 Å². The van der Waals surface area contributed by atoms with Crippen LogP contribution in [0.2, 0.25) is 0 Å². The van der Waals surface area contributed by atoms with Crippen LogP contribution in [-0.4, -0.2) is 48.1 Å². The maximum atomic E-state index is 13.1. The van der Waals surface area contributed by atoms with Gasteiger partial charge in [0.15, 0.2) is 0 Å². The maximum Gasteiger partial charge on any atom is 0.255 e. The molecule has 2 fully saturated rings. The van der Waals surface area contributed by atoms with Crippen molar-refractivity contribution in [3.8, 4) is 0 Å². The number of fused-ring (bicyclic) bond motifs is 1. The van der Waals surface area contributed by atoms with E-state index in [4.69, 9.17) is 9.72 Å². The number of ether oxygens (including phenoxy) is 1. The molecule has 1 amide bonds. The summed E-state index contributed by atoms with van der Waals surface area (Å²) in [5.74, 6) is 1.90. The topological polar surface area (TPSA) is 54.5 Å². The summed E-state index contributed by atoms with van der Waals surface area (Å²) in [6.07, 6.45) is 9.88. The van der Waals surface area contributed by atoms with Gasteiger partial charge >= 0.3 is 0 Å². The summed E-state index contributed by atoms with van der Waals surface area (Å²) in [4.78, 5) is 19.8. The van der Waals surface area contributed by atoms with Crippen LogP contribution in [0.1, 0.15) is 74.4 Å². The molecule has 2 atom stereocenters. The van der Waals surface area contributed by atoms with E-state index in [-0.39, 0.29) is 18.3 Å². The molecule has 0 spiro atoms. The van der Waals surface area contributed by atoms with Gasteiger partial charge in [0, 0.05) is 25.3 Å². The summed E-state index contributed by atoms with van der Waals surface area (Å²) in [6, 6.07) is 0.470. The highest BCUT2D eigenvalue weighted by atomic mass is 35.5. The molecular formula is C23H36ClN3O2. The van der Waals surface area contributed by atoms with Gasteiger partial charge in [-0.25, -0.2) is 4.98 Å². The van der Waals surface area contributed by atoms with Gasteiger partial charge < -0.3 is 15.0 Å². The van der Waals surface area contributed by atoms with Gasteiger partial charge in [0.2, 0.25) is 0 Å². The van der Waals surface area contributed by atoms with Crippen LogP contribution in [0.15, 0.2) is 6.20 Å². The van der Waals surface area contributed by atoms with Crippen LogP contribution in [-0.2, 0) is 17.6 Å². The van der Waals surface area contributed by atoms with Crippen molar-refractivity contribution in [1.82, 2.24) is 9.88 Å². The second-order valence-corrected chi connectivity index (χ2v) is 9.84. The van der Waals surface area contributed by atoms with Crippen molar-refractivity contribution in [3.63, 3.8) is 0 Å². The molecule has 162 valence electrons. The fraction of sp³-hybridized carbons (Fsp3) is 0.739. The lowest BCUT2D eigenvalue weighted by molar-refractivity contribution is 0.0301. The Morgan fingerprint density at radius 1 is 1.17 bits per heavy atom. The molecular weight excluding hydrogens is 386 g/mol. The second kappa shape index (κ2) is 9.22. The molecule has 0 radical (unpaired) electrons. The molecule has 1 N–H and O–H groups in total. The number of hydrogen-bond donors (Lipinski definition) is 1. The van der Waals surface area contributed by atoms with E-state index in [2.05, 4.69) is 26.1 Å². The lowest BCUT2D eigenvalue weighted by Gasteiger charge is -2.40. The highest BCUT2D eigenvalue weighted by Gasteiger charge is 2.33. The van der Waals surface area contributed by atoms with E-state index in [1.807, 2.05) is 11.1 Å². The van der Waals surface area contributed by atoms with Crippen molar-refractivity contribution in [2.75, 3.05) is 31.6 Å². The summed E-state index contributed by atoms with van der Waals surface area (Å²) < 4.78 is 5.41. The molecule has 3 aliphatic rings. The monoisotopic (exact) mass is 421 g/mol. The SMILES string of the molecule is CC1CC(Nc2ncc(C(=O)N3CCOCC3)c3c2CCCC3)CC(C)(C)C1.Cl. The molecule has 1 aromatic rings. The molecule has 2 aliphatic carbocycles. The molecule has 0 bridgehead atoms. The first kappa shape index (κ1) is 22.4. The molecule has 2 unspecified atom stereocenters. The zero-order chi connectivity index (χ0) is 19.7. The minimum Gasteiger partial charge on any atom is -0.378 e. The summed E-state index contributed by atoms with van der Waals surface area (Å²) in [6.45, 7) is 9.76. The molecule has 0 aromatic carbocycles. The Balaban J connectivity index is 0.00000240. The number of anilines is 1. The summed E-state index contributed by atoms with van der Waals surface area (Å²) >= 11 is 0. The van der Waals surface area contributed by atoms with Crippen molar-refractivity contribution >= 4 is 24.1 Å². The van der Waals surface area contributed by atoms with E-state index in [9.17, 15) is 4.79 Å². The predicted octanol–water partition coefficient (Wildman–Crippen LogP) is 4.48. The van der Waals surface area contributed by atoms with Crippen LogP contribution in [0, 0.1) is 11.3 Å². The molecule has 1 aliphatic heterocycles. The van der Waals surface area contributed by atoms with Crippen LogP contribution in [0.5, 0.6) is 0 Å². The Labute approximate surface area is 181 Å². The summed E-state index contributed by atoms with van der Waals surface area (Å²) in [5, 5.41) is 3.78. The van der Waals surface area contributed by atoms with E-state index in [0.29, 0.717) is 37.8 Å². The fourth-order valence-corrected chi connectivity index (χ4v) is 5.64. The van der Waals surface area contributed by atoms with E-state index in [1.54, 1.807) is 0 Å². The van der Waals surface area contributed by atoms with Crippen LogP contribution >= 0.6 is 12.4 Å². The van der Waals surface area contributed by atoms with Crippen LogP contribution < -0.4 is 5.32 Å². The molecule has 6 heteroatoms. The zero-order valence-corrected chi connectivity index (χ0v) is 18.9. The molecule has 1 aromatic heterocycles. The van der Waals surface area contributed by atoms with Gasteiger partial charge in [-0.1, -0.05) is 20.8 Å². The molecule has 4 rings (SSSR count). The second-order valence-electron chi connectivity index (χ2n) is 9.84. The average molecular weight is 422 g/mol. The number of nitrogens with one attached hydrogen (secondary N) is 1. The van der Waals surface area contributed by atoms with E-state index in [0.717, 1.165) is 36.6 Å². The lowest BCUT2D eigenvalue weighted by Crippen LogP contribution is -2.41. The highest BCUT2D eigenvalue weighted by molar-refractivity contribution is 5.96. The number of rotatable bonds is 3. The summed E-state index contributed by atoms with van der Waals surface area (Å²) in [5.41, 5.74) is 3.73. The van der Waals surface area contributed by atoms with Gasteiger partial charge in [0.1, 0.15) is 5.82 Å². The Kier molecular flexibility index (Phi) is 7.10. The largest absolute Gasteiger partial charge is 0.378 e. The molecule has 2 heterocycles. The number of hydrogen-bond acceptors (Lipinski definition) is 4. The Hall–Kier alpha value is -1.33. The van der Waals surface area contributed by atoms with E-state index >= 15 is 0 Å². The van der Waals surface area contributed by atoms with Crippen molar-refractivity contribution in [2.24, 2.45) is 11.3 Å². The maximum absolute atomic E-state index is 13.1. The van der Waals surface area contributed by atoms with E-state index < -0.39 is 0 Å². The number of halogens is 1. The molecule has 1 saturated carbocycles. The van der Waals surface area contributed by atoms with Crippen molar-refractivity contribution < 1.29 is 9.53 Å². The smallest absolute Gasteiger partial charge is 0.255 e. The number of aromatic nitrogens is 1. The first-order valence-electron chi connectivity index (χ1n) is 11.1. The normalized spacial score (nSPS) is 26.2. The minimum atomic E-state index is 0. The third kappa shape index (κ3) is 5.05. The van der Waals surface area contributed by atoms with Crippen LogP contribution in [0.4, 0.5) is 5.82 Å². The third-order valence-electron chi connectivity index (χ3n) is 6.66. The number of nitrogens with zero attached hydrogens (tertiary/aromatic N) is 2. The number of amides is 1. The Morgan fingerprint density at radius 3 is 2.55 bits per heavy atom. The predicted molar refractivity (Wildman–Crippen MR) is 119 cm³/mol. The third-order valence-corrected chi connectivity index (χ3v) is 6.66. The molecule has 29 heavy (non-hydrogen) atoms. The Morgan fingerprint density at radius 2 is 1.86 bits per heavy atom. The van der Waals surface area contributed by atoms with Crippen LogP contribution in [0.25, 0.3) is 0 Å². The van der Waals surface area contributed by atoms with Crippen molar-refractivity contribution in [3.05, 3.63) is 22.9 Å². The van der Waals surface area contributed by atoms with Gasteiger partial charge in [0.25, 0.3) is 5.91 Å². The van der Waals surface area contributed by atoms with Gasteiger partial charge in [0.05, 0.1) is 18.8 Å². The standard InChI is InChI=1S/C23H35N3O2.ClH/c1-16-12-17(14-23(2,3)13-16)25-21-19-7-5-4-6-18(19)20(15-24-21)22(27)26-8-10-28-11-9-26;/h15-17H,4-14H2,1-3H3,(H,24,25);1H. The van der Waals surface area contributed by atoms with Gasteiger partial charge in [-0.15, -0.1) is 12.4 Å². The first-order chi connectivity index (χ1) is 13.4.